The molecule has 0 saturated heterocycles. The molecule has 0 rings (SSSR count). The summed E-state index contributed by atoms with van der Waals surface area (Å²) in [5.74, 6) is 0. The fourth-order valence-corrected chi connectivity index (χ4v) is 0.638. The van der Waals surface area contributed by atoms with Crippen LogP contribution in [-0.4, -0.2) is 25.8 Å². The van der Waals surface area contributed by atoms with Gasteiger partial charge in [-0.2, -0.15) is 0 Å². The molecule has 2 nitrogen and oxygen atoms in total. The molecule has 0 spiro atoms. The van der Waals surface area contributed by atoms with Gasteiger partial charge in [-0.25, -0.2) is 0 Å². The van der Waals surface area contributed by atoms with Gasteiger partial charge in [0.15, 0.2) is 0 Å². The van der Waals surface area contributed by atoms with Crippen molar-refractivity contribution in [2.45, 2.75) is 32.8 Å². The Labute approximate surface area is 64.0 Å². The fourth-order valence-electron chi connectivity index (χ4n) is 0.638. The fraction of sp³-hybridized carbons (Fsp3) is 1.00. The van der Waals surface area contributed by atoms with E-state index in [4.69, 9.17) is 4.74 Å². The first kappa shape index (κ1) is 9.92. The van der Waals surface area contributed by atoms with Crippen molar-refractivity contribution in [3.63, 3.8) is 0 Å². The van der Waals surface area contributed by atoms with E-state index >= 15 is 0 Å². The number of rotatable bonds is 5. The van der Waals surface area contributed by atoms with E-state index in [-0.39, 0.29) is 5.60 Å². The molecule has 1 N–H and O–H groups in total. The molecular formula is C8H19NO. The lowest BCUT2D eigenvalue weighted by Gasteiger charge is -2.22. The predicted octanol–water partition coefficient (Wildman–Crippen LogP) is 1.41. The second-order valence-corrected chi connectivity index (χ2v) is 3.14. The number of hydrogen-bond donors (Lipinski definition) is 1. The third-order valence-electron chi connectivity index (χ3n) is 1.53. The van der Waals surface area contributed by atoms with Gasteiger partial charge in [-0.1, -0.05) is 6.92 Å². The van der Waals surface area contributed by atoms with Crippen molar-refractivity contribution >= 4 is 0 Å². The highest BCUT2D eigenvalue weighted by molar-refractivity contribution is 4.70. The highest BCUT2D eigenvalue weighted by Crippen LogP contribution is 2.03. The molecule has 0 bridgehead atoms. The summed E-state index contributed by atoms with van der Waals surface area (Å²) in [6, 6.07) is 0. The van der Waals surface area contributed by atoms with Gasteiger partial charge in [-0.15, -0.1) is 0 Å². The average Bonchev–Trinajstić information content (AvgIpc) is 1.89. The topological polar surface area (TPSA) is 21.3 Å². The highest BCUT2D eigenvalue weighted by Gasteiger charge is 2.14. The first-order valence-corrected chi connectivity index (χ1v) is 3.88. The van der Waals surface area contributed by atoms with Gasteiger partial charge in [0.05, 0.1) is 5.60 Å². The van der Waals surface area contributed by atoms with Crippen molar-refractivity contribution < 1.29 is 4.74 Å². The molecule has 0 aliphatic heterocycles. The van der Waals surface area contributed by atoms with Gasteiger partial charge >= 0.3 is 0 Å². The van der Waals surface area contributed by atoms with E-state index in [1.807, 2.05) is 0 Å². The van der Waals surface area contributed by atoms with Crippen LogP contribution in [0, 0.1) is 0 Å². The molecule has 0 amide bonds. The third-order valence-corrected chi connectivity index (χ3v) is 1.53. The Morgan fingerprint density at radius 3 is 2.40 bits per heavy atom. The summed E-state index contributed by atoms with van der Waals surface area (Å²) in [7, 11) is 1.74. The standard InChI is InChI=1S/C8H19NO/c1-5-6-9-7-8(2,3)10-4/h9H,5-7H2,1-4H3. The summed E-state index contributed by atoms with van der Waals surface area (Å²) in [5.41, 5.74) is -0.0187. The maximum Gasteiger partial charge on any atom is 0.0746 e. The lowest BCUT2D eigenvalue weighted by Crippen LogP contribution is -2.36. The van der Waals surface area contributed by atoms with Gasteiger partial charge in [0.25, 0.3) is 0 Å². The maximum absolute atomic E-state index is 5.22. The van der Waals surface area contributed by atoms with Crippen LogP contribution in [0.1, 0.15) is 27.2 Å². The van der Waals surface area contributed by atoms with E-state index in [9.17, 15) is 0 Å². The van der Waals surface area contributed by atoms with Crippen LogP contribution in [0.4, 0.5) is 0 Å². The Morgan fingerprint density at radius 1 is 1.40 bits per heavy atom. The second-order valence-electron chi connectivity index (χ2n) is 3.14. The molecule has 0 aromatic carbocycles. The zero-order valence-corrected chi connectivity index (χ0v) is 7.53. The molecule has 2 heteroatoms. The Hall–Kier alpha value is -0.0800. The van der Waals surface area contributed by atoms with Crippen LogP contribution < -0.4 is 5.32 Å². The Kier molecular flexibility index (Phi) is 4.65. The molecule has 0 heterocycles. The lowest BCUT2D eigenvalue weighted by atomic mass is 10.1. The molecule has 0 atom stereocenters. The Balaban J connectivity index is 3.28. The van der Waals surface area contributed by atoms with Gasteiger partial charge in [0, 0.05) is 13.7 Å². The molecule has 0 aliphatic rings. The van der Waals surface area contributed by atoms with E-state index in [0.717, 1.165) is 13.1 Å². The minimum absolute atomic E-state index is 0.0187. The lowest BCUT2D eigenvalue weighted by molar-refractivity contribution is 0.0235. The van der Waals surface area contributed by atoms with Crippen LogP contribution in [0.15, 0.2) is 0 Å². The van der Waals surface area contributed by atoms with Crippen molar-refractivity contribution in [3.8, 4) is 0 Å². The molecule has 0 aliphatic carbocycles. The third kappa shape index (κ3) is 4.77. The minimum Gasteiger partial charge on any atom is -0.377 e. The minimum atomic E-state index is -0.0187. The van der Waals surface area contributed by atoms with Gasteiger partial charge in [-0.05, 0) is 26.8 Å². The average molecular weight is 145 g/mol. The smallest absolute Gasteiger partial charge is 0.0746 e. The largest absolute Gasteiger partial charge is 0.377 e. The van der Waals surface area contributed by atoms with Crippen LogP contribution in [0.3, 0.4) is 0 Å². The van der Waals surface area contributed by atoms with Crippen LogP contribution >= 0.6 is 0 Å². The van der Waals surface area contributed by atoms with Crippen molar-refractivity contribution in [1.29, 1.82) is 0 Å². The van der Waals surface area contributed by atoms with Crippen LogP contribution in [0.25, 0.3) is 0 Å². The first-order valence-electron chi connectivity index (χ1n) is 3.88. The van der Waals surface area contributed by atoms with E-state index in [1.54, 1.807) is 7.11 Å². The highest BCUT2D eigenvalue weighted by atomic mass is 16.5. The van der Waals surface area contributed by atoms with Gasteiger partial charge in [0.2, 0.25) is 0 Å². The van der Waals surface area contributed by atoms with Crippen LogP contribution in [0.2, 0.25) is 0 Å². The molecule has 0 aromatic heterocycles. The number of methoxy groups -OCH3 is 1. The van der Waals surface area contributed by atoms with Gasteiger partial charge in [-0.3, -0.25) is 0 Å². The van der Waals surface area contributed by atoms with Crippen molar-refractivity contribution in [2.24, 2.45) is 0 Å². The van der Waals surface area contributed by atoms with E-state index < -0.39 is 0 Å². The summed E-state index contributed by atoms with van der Waals surface area (Å²) < 4.78 is 5.22. The zero-order valence-electron chi connectivity index (χ0n) is 7.53. The van der Waals surface area contributed by atoms with Gasteiger partial charge < -0.3 is 10.1 Å². The molecule has 0 radical (unpaired) electrons. The summed E-state index contributed by atoms with van der Waals surface area (Å²) in [5, 5.41) is 3.30. The SMILES string of the molecule is CCCNCC(C)(C)OC. The van der Waals surface area contributed by atoms with Gasteiger partial charge in [0.1, 0.15) is 0 Å². The molecule has 0 saturated carbocycles. The van der Waals surface area contributed by atoms with E-state index in [0.29, 0.717) is 0 Å². The van der Waals surface area contributed by atoms with Crippen molar-refractivity contribution in [3.05, 3.63) is 0 Å². The molecule has 0 unspecified atom stereocenters. The zero-order chi connectivity index (χ0) is 8.04. The second kappa shape index (κ2) is 4.69. The quantitative estimate of drug-likeness (QED) is 0.591. The first-order chi connectivity index (χ1) is 4.62. The molecule has 0 aromatic rings. The Bertz CT molecular complexity index is 81.3. The Morgan fingerprint density at radius 2 is 2.00 bits per heavy atom. The molecule has 0 fully saturated rings. The summed E-state index contributed by atoms with van der Waals surface area (Å²) >= 11 is 0. The van der Waals surface area contributed by atoms with Crippen molar-refractivity contribution in [1.82, 2.24) is 5.32 Å². The van der Waals surface area contributed by atoms with Crippen molar-refractivity contribution in [2.75, 3.05) is 20.2 Å². The number of nitrogens with one attached hydrogen (secondary N) is 1. The van der Waals surface area contributed by atoms with E-state index in [2.05, 4.69) is 26.1 Å². The monoisotopic (exact) mass is 145 g/mol. The predicted molar refractivity (Wildman–Crippen MR) is 44.2 cm³/mol. The van der Waals surface area contributed by atoms with E-state index in [1.165, 1.54) is 6.42 Å². The molecule has 10 heavy (non-hydrogen) atoms. The maximum atomic E-state index is 5.22. The summed E-state index contributed by atoms with van der Waals surface area (Å²) in [4.78, 5) is 0. The summed E-state index contributed by atoms with van der Waals surface area (Å²) in [6.45, 7) is 8.32. The number of hydrogen-bond acceptors (Lipinski definition) is 2. The normalized spacial score (nSPS) is 12.0. The van der Waals surface area contributed by atoms with Crippen LogP contribution in [0.5, 0.6) is 0 Å². The molecule has 62 valence electrons. The molecular weight excluding hydrogens is 126 g/mol. The van der Waals surface area contributed by atoms with Crippen LogP contribution in [-0.2, 0) is 4.74 Å². The summed E-state index contributed by atoms with van der Waals surface area (Å²) in [6.07, 6.45) is 1.18. The number of ether oxygens (including phenoxy) is 1.